The molecule has 1 saturated carbocycles. The molecule has 1 aliphatic rings. The lowest BCUT2D eigenvalue weighted by atomic mass is 9.77. The lowest BCUT2D eigenvalue weighted by Gasteiger charge is -2.28. The van der Waals surface area contributed by atoms with Crippen LogP contribution < -0.4 is 0 Å². The zero-order chi connectivity index (χ0) is 29.0. The molecular formula is C37H46ClF3. The maximum Gasteiger partial charge on any atom is 0.145 e. The predicted molar refractivity (Wildman–Crippen MR) is 166 cm³/mol. The molecule has 0 aliphatic heterocycles. The van der Waals surface area contributed by atoms with Crippen molar-refractivity contribution in [3.8, 4) is 0 Å². The molecule has 222 valence electrons. The average molecular weight is 583 g/mol. The number of unbranched alkanes of at least 4 members (excludes halogenated alkanes) is 4. The number of halogens is 4. The highest BCUT2D eigenvalue weighted by atomic mass is 35.5. The van der Waals surface area contributed by atoms with Gasteiger partial charge in [-0.1, -0.05) is 106 Å². The largest absolute Gasteiger partial charge is 0.207 e. The SMILES string of the molecule is CCCCCCCc1ccc(CCC2CCC(CCc3ccc(CCc4cc(F)c(Cl)c(F)c4)c(F)c3)CC2)cc1. The Bertz CT molecular complexity index is 1190. The summed E-state index contributed by atoms with van der Waals surface area (Å²) in [4.78, 5) is 0. The molecule has 4 rings (SSSR count). The minimum absolute atomic E-state index is 0.235. The normalized spacial score (nSPS) is 17.2. The van der Waals surface area contributed by atoms with Crippen LogP contribution in [0.5, 0.6) is 0 Å². The van der Waals surface area contributed by atoms with E-state index >= 15 is 0 Å². The van der Waals surface area contributed by atoms with E-state index in [1.54, 1.807) is 6.07 Å². The molecule has 0 atom stereocenters. The third-order valence-corrected chi connectivity index (χ3v) is 9.45. The Labute approximate surface area is 250 Å². The van der Waals surface area contributed by atoms with Gasteiger partial charge in [-0.15, -0.1) is 0 Å². The van der Waals surface area contributed by atoms with Gasteiger partial charge in [-0.3, -0.25) is 0 Å². The van der Waals surface area contributed by atoms with Gasteiger partial charge < -0.3 is 0 Å². The molecule has 0 amide bonds. The zero-order valence-electron chi connectivity index (χ0n) is 24.7. The summed E-state index contributed by atoms with van der Waals surface area (Å²) < 4.78 is 42.1. The van der Waals surface area contributed by atoms with Gasteiger partial charge in [0.2, 0.25) is 0 Å². The second-order valence-electron chi connectivity index (χ2n) is 12.2. The first kappa shape index (κ1) is 31.7. The third kappa shape index (κ3) is 10.2. The summed E-state index contributed by atoms with van der Waals surface area (Å²) in [6.07, 6.45) is 18.3. The van der Waals surface area contributed by atoms with Gasteiger partial charge in [-0.2, -0.15) is 0 Å². The van der Waals surface area contributed by atoms with Crippen LogP contribution in [0.25, 0.3) is 0 Å². The van der Waals surface area contributed by atoms with Crippen LogP contribution >= 0.6 is 11.6 Å². The van der Waals surface area contributed by atoms with Crippen molar-refractivity contribution in [3.63, 3.8) is 0 Å². The molecule has 0 bridgehead atoms. The molecule has 4 heteroatoms. The summed E-state index contributed by atoms with van der Waals surface area (Å²) in [7, 11) is 0. The molecule has 0 spiro atoms. The van der Waals surface area contributed by atoms with E-state index in [0.29, 0.717) is 24.0 Å². The summed E-state index contributed by atoms with van der Waals surface area (Å²) >= 11 is 5.56. The summed E-state index contributed by atoms with van der Waals surface area (Å²) in [6.45, 7) is 2.26. The molecule has 0 heterocycles. The highest BCUT2D eigenvalue weighted by Crippen LogP contribution is 2.34. The molecule has 3 aromatic rings. The van der Waals surface area contributed by atoms with Gasteiger partial charge in [-0.05, 0) is 109 Å². The van der Waals surface area contributed by atoms with Crippen molar-refractivity contribution in [2.45, 2.75) is 110 Å². The topological polar surface area (TPSA) is 0 Å². The first-order valence-electron chi connectivity index (χ1n) is 15.9. The van der Waals surface area contributed by atoms with Crippen molar-refractivity contribution in [1.29, 1.82) is 0 Å². The smallest absolute Gasteiger partial charge is 0.145 e. The van der Waals surface area contributed by atoms with Gasteiger partial charge in [0, 0.05) is 0 Å². The van der Waals surface area contributed by atoms with E-state index < -0.39 is 16.7 Å². The van der Waals surface area contributed by atoms with E-state index in [4.69, 9.17) is 11.6 Å². The first-order valence-corrected chi connectivity index (χ1v) is 16.3. The van der Waals surface area contributed by atoms with Crippen molar-refractivity contribution in [2.24, 2.45) is 11.8 Å². The average Bonchev–Trinajstić information content (AvgIpc) is 2.98. The fourth-order valence-corrected chi connectivity index (χ4v) is 6.45. The highest BCUT2D eigenvalue weighted by molar-refractivity contribution is 6.30. The summed E-state index contributed by atoms with van der Waals surface area (Å²) in [5.74, 6) is -0.245. The van der Waals surface area contributed by atoms with Gasteiger partial charge in [-0.25, -0.2) is 13.2 Å². The van der Waals surface area contributed by atoms with Gasteiger partial charge >= 0.3 is 0 Å². The molecule has 3 aromatic carbocycles. The lowest BCUT2D eigenvalue weighted by Crippen LogP contribution is -2.16. The zero-order valence-corrected chi connectivity index (χ0v) is 25.4. The van der Waals surface area contributed by atoms with Crippen LogP contribution in [-0.4, -0.2) is 0 Å². The number of aryl methyl sites for hydroxylation is 5. The molecule has 0 unspecified atom stereocenters. The maximum atomic E-state index is 14.8. The third-order valence-electron chi connectivity index (χ3n) is 9.08. The van der Waals surface area contributed by atoms with Crippen LogP contribution in [0.2, 0.25) is 5.02 Å². The van der Waals surface area contributed by atoms with Crippen LogP contribution in [0.4, 0.5) is 13.2 Å². The van der Waals surface area contributed by atoms with Crippen molar-refractivity contribution in [3.05, 3.63) is 105 Å². The number of hydrogen-bond donors (Lipinski definition) is 0. The second-order valence-corrected chi connectivity index (χ2v) is 12.6. The summed E-state index contributed by atoms with van der Waals surface area (Å²) in [6, 6.07) is 17.3. The van der Waals surface area contributed by atoms with Crippen LogP contribution in [0.3, 0.4) is 0 Å². The minimum atomic E-state index is -0.778. The van der Waals surface area contributed by atoms with Crippen molar-refractivity contribution < 1.29 is 13.2 Å². The molecule has 1 aliphatic carbocycles. The molecule has 0 N–H and O–H groups in total. The highest BCUT2D eigenvalue weighted by Gasteiger charge is 2.21. The van der Waals surface area contributed by atoms with E-state index in [0.717, 1.165) is 30.2 Å². The number of benzene rings is 3. The van der Waals surface area contributed by atoms with Gasteiger partial charge in [0.05, 0.1) is 0 Å². The second kappa shape index (κ2) is 16.4. The van der Waals surface area contributed by atoms with E-state index in [1.165, 1.54) is 100 Å². The van der Waals surface area contributed by atoms with E-state index in [-0.39, 0.29) is 5.82 Å². The Hall–Kier alpha value is -2.26. The Kier molecular flexibility index (Phi) is 12.7. The molecule has 0 nitrogen and oxygen atoms in total. The molecule has 41 heavy (non-hydrogen) atoms. The van der Waals surface area contributed by atoms with Crippen LogP contribution in [0.1, 0.15) is 105 Å². The van der Waals surface area contributed by atoms with Crippen LogP contribution in [-0.2, 0) is 32.1 Å². The fraction of sp³-hybridized carbons (Fsp3) is 0.514. The lowest BCUT2D eigenvalue weighted by molar-refractivity contribution is 0.253. The molecule has 0 aromatic heterocycles. The summed E-state index contributed by atoms with van der Waals surface area (Å²) in [5.41, 5.74) is 5.03. The predicted octanol–water partition coefficient (Wildman–Crippen LogP) is 11.4. The molecule has 0 radical (unpaired) electrons. The molecular weight excluding hydrogens is 537 g/mol. The van der Waals surface area contributed by atoms with Crippen molar-refractivity contribution in [2.75, 3.05) is 0 Å². The Morgan fingerprint density at radius 2 is 1.07 bits per heavy atom. The monoisotopic (exact) mass is 582 g/mol. The number of rotatable bonds is 15. The van der Waals surface area contributed by atoms with E-state index in [2.05, 4.69) is 31.2 Å². The quantitative estimate of drug-likeness (QED) is 0.123. The van der Waals surface area contributed by atoms with Crippen LogP contribution in [0.15, 0.2) is 54.6 Å². The fourth-order valence-electron chi connectivity index (χ4n) is 6.34. The Morgan fingerprint density at radius 3 is 1.66 bits per heavy atom. The molecule has 1 fully saturated rings. The van der Waals surface area contributed by atoms with Crippen molar-refractivity contribution >= 4 is 11.6 Å². The van der Waals surface area contributed by atoms with E-state index in [9.17, 15) is 13.2 Å². The summed E-state index contributed by atoms with van der Waals surface area (Å²) in [5, 5.41) is -0.498. The van der Waals surface area contributed by atoms with Gasteiger partial charge in [0.25, 0.3) is 0 Å². The van der Waals surface area contributed by atoms with Crippen LogP contribution in [0, 0.1) is 29.3 Å². The molecule has 0 saturated heterocycles. The van der Waals surface area contributed by atoms with Crippen molar-refractivity contribution in [1.82, 2.24) is 0 Å². The maximum absolute atomic E-state index is 14.8. The van der Waals surface area contributed by atoms with Gasteiger partial charge in [0.15, 0.2) is 0 Å². The standard InChI is InChI=1S/C37H46ClF3/c1-2-3-4-5-6-7-27-8-10-28(11-9-27)12-13-29-14-16-30(17-15-29)18-19-31-20-22-33(34(39)24-31)23-21-32-25-35(40)37(38)36(41)26-32/h8-11,20,22,24-26,29-30H,2-7,12-19,21,23H2,1H3. The Balaban J connectivity index is 1.13. The first-order chi connectivity index (χ1) is 19.9. The minimum Gasteiger partial charge on any atom is -0.207 e. The van der Waals surface area contributed by atoms with Gasteiger partial charge in [0.1, 0.15) is 22.5 Å². The number of hydrogen-bond acceptors (Lipinski definition) is 0. The Morgan fingerprint density at radius 1 is 0.561 bits per heavy atom. The van der Waals surface area contributed by atoms with E-state index in [1.807, 2.05) is 12.1 Å².